The van der Waals surface area contributed by atoms with Crippen molar-refractivity contribution in [2.24, 2.45) is 0 Å². The summed E-state index contributed by atoms with van der Waals surface area (Å²) < 4.78 is 29.7. The molecule has 0 saturated heterocycles. The van der Waals surface area contributed by atoms with Crippen molar-refractivity contribution in [3.63, 3.8) is 0 Å². The van der Waals surface area contributed by atoms with E-state index in [4.69, 9.17) is 27.9 Å². The van der Waals surface area contributed by atoms with E-state index < -0.39 is 18.6 Å². The maximum atomic E-state index is 12.4. The Labute approximate surface area is 100 Å². The van der Waals surface area contributed by atoms with Gasteiger partial charge in [0.05, 0.1) is 10.0 Å². The third kappa shape index (κ3) is 7.11. The molecule has 2 unspecified atom stereocenters. The number of hydrogen-bond acceptors (Lipinski definition) is 1. The van der Waals surface area contributed by atoms with Gasteiger partial charge in [0.2, 0.25) is 0 Å². The van der Waals surface area contributed by atoms with Gasteiger partial charge in [-0.05, 0) is 0 Å². The Balaban J connectivity index is 3.85. The first kappa shape index (κ1) is 14.1. The molecule has 0 aromatic rings. The van der Waals surface area contributed by atoms with Gasteiger partial charge in [0.15, 0.2) is 0 Å². The topological polar surface area (TPSA) is 9.23 Å². The zero-order valence-corrected chi connectivity index (χ0v) is 10.7. The van der Waals surface area contributed by atoms with Crippen LogP contribution < -0.4 is 0 Å². The van der Waals surface area contributed by atoms with Gasteiger partial charge in [0.1, 0.15) is 6.61 Å². The first-order valence-electron chi connectivity index (χ1n) is 3.66. The molecule has 0 saturated carbocycles. The monoisotopic (exact) mass is 346 g/mol. The third-order valence-electron chi connectivity index (χ3n) is 1.25. The number of alkyl halides is 5. The van der Waals surface area contributed by atoms with Crippen molar-refractivity contribution in [1.82, 2.24) is 0 Å². The average molecular weight is 347 g/mol. The molecule has 0 aromatic carbocycles. The van der Waals surface area contributed by atoms with Crippen LogP contribution >= 0.6 is 45.8 Å². The van der Waals surface area contributed by atoms with Gasteiger partial charge in [-0.15, -0.1) is 23.2 Å². The molecular formula is C7H11Cl2F2IO. The molecule has 80 valence electrons. The smallest absolute Gasteiger partial charge is 0.268 e. The third-order valence-corrected chi connectivity index (χ3v) is 3.65. The second-order valence-corrected chi connectivity index (χ2v) is 4.96. The van der Waals surface area contributed by atoms with Gasteiger partial charge in [-0.1, -0.05) is 22.6 Å². The van der Waals surface area contributed by atoms with Crippen molar-refractivity contribution in [3.05, 3.63) is 0 Å². The zero-order valence-electron chi connectivity index (χ0n) is 7.07. The molecule has 0 radical (unpaired) electrons. The summed E-state index contributed by atoms with van der Waals surface area (Å²) in [6.45, 7) is 0.196. The van der Waals surface area contributed by atoms with Crippen LogP contribution in [-0.4, -0.2) is 34.3 Å². The van der Waals surface area contributed by atoms with Crippen LogP contribution in [0.2, 0.25) is 0 Å². The molecule has 6 heteroatoms. The molecule has 13 heavy (non-hydrogen) atoms. The highest BCUT2D eigenvalue weighted by atomic mass is 127. The molecule has 0 aliphatic heterocycles. The lowest BCUT2D eigenvalue weighted by molar-refractivity contribution is -0.0806. The summed E-state index contributed by atoms with van der Waals surface area (Å²) in [5, 5.41) is 0. The van der Waals surface area contributed by atoms with Gasteiger partial charge in [0, 0.05) is 18.7 Å². The van der Waals surface area contributed by atoms with E-state index in [9.17, 15) is 8.78 Å². The summed E-state index contributed by atoms with van der Waals surface area (Å²) in [6.07, 6.45) is -0.411. The molecule has 2 atom stereocenters. The van der Waals surface area contributed by atoms with Gasteiger partial charge in [-0.3, -0.25) is 0 Å². The second kappa shape index (κ2) is 6.58. The summed E-state index contributed by atoms with van der Waals surface area (Å²) in [7, 11) is 0. The highest BCUT2D eigenvalue weighted by Crippen LogP contribution is 2.18. The number of hydrogen-bond donors (Lipinski definition) is 0. The molecule has 0 aromatic heterocycles. The largest absolute Gasteiger partial charge is 0.370 e. The summed E-state index contributed by atoms with van der Waals surface area (Å²) in [5.41, 5.74) is 0. The van der Waals surface area contributed by atoms with Crippen molar-refractivity contribution in [2.45, 2.75) is 22.9 Å². The van der Waals surface area contributed by atoms with Crippen LogP contribution in [0.3, 0.4) is 0 Å². The van der Waals surface area contributed by atoms with E-state index in [0.717, 1.165) is 6.92 Å². The lowest BCUT2D eigenvalue weighted by Gasteiger charge is -2.21. The van der Waals surface area contributed by atoms with Gasteiger partial charge in [0.25, 0.3) is 5.92 Å². The minimum atomic E-state index is -2.81. The van der Waals surface area contributed by atoms with E-state index in [-0.39, 0.29) is 9.80 Å². The Morgan fingerprint density at radius 1 is 1.38 bits per heavy atom. The molecule has 0 aliphatic rings. The fourth-order valence-electron chi connectivity index (χ4n) is 0.598. The molecule has 0 bridgehead atoms. The predicted molar refractivity (Wildman–Crippen MR) is 59.6 cm³/mol. The number of rotatable bonds is 6. The summed E-state index contributed by atoms with van der Waals surface area (Å²) in [6, 6.07) is 0. The quantitative estimate of drug-likeness (QED) is 0.529. The van der Waals surface area contributed by atoms with Gasteiger partial charge < -0.3 is 4.74 Å². The van der Waals surface area contributed by atoms with Gasteiger partial charge >= 0.3 is 0 Å². The predicted octanol–water partition coefficient (Wildman–Crippen LogP) is 3.31. The van der Waals surface area contributed by atoms with E-state index in [0.29, 0.717) is 5.88 Å². The zero-order chi connectivity index (χ0) is 10.5. The van der Waals surface area contributed by atoms with Crippen LogP contribution in [0.15, 0.2) is 0 Å². The average Bonchev–Trinajstić information content (AvgIpc) is 2.03. The Hall–Kier alpha value is 1.13. The van der Waals surface area contributed by atoms with Gasteiger partial charge in [-0.25, -0.2) is 8.78 Å². The lowest BCUT2D eigenvalue weighted by Crippen LogP contribution is -2.32. The fraction of sp³-hybridized carbons (Fsp3) is 1.00. The normalized spacial score (nSPS) is 17.1. The molecule has 0 spiro atoms. The maximum absolute atomic E-state index is 12.4. The SMILES string of the molecule is CC(F)(F)COC(CCl)C(I)CCl. The highest BCUT2D eigenvalue weighted by Gasteiger charge is 2.26. The minimum absolute atomic E-state index is 0.0425. The van der Waals surface area contributed by atoms with E-state index in [1.165, 1.54) is 0 Å². The standard InChI is InChI=1S/C7H11Cl2F2IO/c1-7(10,11)4-13-6(3-9)5(12)2-8/h5-6H,2-4H2,1H3. The molecule has 0 aliphatic carbocycles. The van der Waals surface area contributed by atoms with Crippen LogP contribution in [0, 0.1) is 0 Å². The fourth-order valence-corrected chi connectivity index (χ4v) is 1.86. The molecule has 0 N–H and O–H groups in total. The number of ether oxygens (including phenoxy) is 1. The first-order chi connectivity index (χ1) is 5.90. The van der Waals surface area contributed by atoms with Crippen molar-refractivity contribution in [3.8, 4) is 0 Å². The molecule has 1 nitrogen and oxygen atoms in total. The van der Waals surface area contributed by atoms with Crippen LogP contribution in [0.1, 0.15) is 6.92 Å². The van der Waals surface area contributed by atoms with E-state index in [1.807, 2.05) is 22.6 Å². The summed E-state index contributed by atoms with van der Waals surface area (Å²) >= 11 is 13.1. The van der Waals surface area contributed by atoms with Crippen molar-refractivity contribution >= 4 is 45.8 Å². The molecule has 0 rings (SSSR count). The van der Waals surface area contributed by atoms with Crippen LogP contribution in [-0.2, 0) is 4.74 Å². The molecule has 0 heterocycles. The summed E-state index contributed by atoms with van der Waals surface area (Å²) in [4.78, 5) is 0. The second-order valence-electron chi connectivity index (χ2n) is 2.74. The summed E-state index contributed by atoms with van der Waals surface area (Å²) in [5.74, 6) is -2.30. The Morgan fingerprint density at radius 3 is 2.23 bits per heavy atom. The van der Waals surface area contributed by atoms with Gasteiger partial charge in [-0.2, -0.15) is 0 Å². The van der Waals surface area contributed by atoms with E-state index in [1.54, 1.807) is 0 Å². The minimum Gasteiger partial charge on any atom is -0.370 e. The van der Waals surface area contributed by atoms with E-state index >= 15 is 0 Å². The van der Waals surface area contributed by atoms with E-state index in [2.05, 4.69) is 0 Å². The van der Waals surface area contributed by atoms with Crippen molar-refractivity contribution in [1.29, 1.82) is 0 Å². The Kier molecular flexibility index (Phi) is 7.16. The lowest BCUT2D eigenvalue weighted by atomic mass is 10.3. The van der Waals surface area contributed by atoms with Crippen molar-refractivity contribution < 1.29 is 13.5 Å². The van der Waals surface area contributed by atoms with Crippen molar-refractivity contribution in [2.75, 3.05) is 18.4 Å². The Morgan fingerprint density at radius 2 is 1.92 bits per heavy atom. The first-order valence-corrected chi connectivity index (χ1v) is 5.97. The molecule has 0 amide bonds. The Bertz CT molecular complexity index is 143. The van der Waals surface area contributed by atoms with Crippen LogP contribution in [0.25, 0.3) is 0 Å². The molecular weight excluding hydrogens is 336 g/mol. The maximum Gasteiger partial charge on any atom is 0.268 e. The highest BCUT2D eigenvalue weighted by molar-refractivity contribution is 14.1. The van der Waals surface area contributed by atoms with Crippen LogP contribution in [0.4, 0.5) is 8.78 Å². The van der Waals surface area contributed by atoms with Crippen LogP contribution in [0.5, 0.6) is 0 Å². The number of halogens is 5. The molecule has 0 fully saturated rings.